The highest BCUT2D eigenvalue weighted by Gasteiger charge is 2.91. The van der Waals surface area contributed by atoms with Crippen molar-refractivity contribution in [3.8, 4) is 5.75 Å². The molecule has 0 aromatic heterocycles. The first-order valence-corrected chi connectivity index (χ1v) is 7.62. The minimum absolute atomic E-state index is 0.0251. The molecule has 0 aliphatic carbocycles. The van der Waals surface area contributed by atoms with Crippen LogP contribution in [0.2, 0.25) is 0 Å². The van der Waals surface area contributed by atoms with Crippen molar-refractivity contribution in [3.05, 3.63) is 29.8 Å². The standard InChI is InChI=1S/C15H9F13N2O2/c1-32-8-4-2-7(3-5-8)6-29-30-9(31)10(16,17)11(18,19)12(20,21)13(22,23)14(24,25)15(26,27)28/h2-6H,1H3,(H,30,31)/b29-6+. The van der Waals surface area contributed by atoms with E-state index in [-0.39, 0.29) is 11.3 Å². The number of benzene rings is 1. The lowest BCUT2D eigenvalue weighted by Gasteiger charge is -2.38. The van der Waals surface area contributed by atoms with Gasteiger partial charge in [0.05, 0.1) is 13.3 Å². The number of alkyl halides is 13. The lowest BCUT2D eigenvalue weighted by atomic mass is 9.93. The molecule has 1 N–H and O–H groups in total. The van der Waals surface area contributed by atoms with Crippen LogP contribution < -0.4 is 10.2 Å². The second-order valence-electron chi connectivity index (χ2n) is 5.84. The van der Waals surface area contributed by atoms with E-state index in [1.165, 1.54) is 19.2 Å². The van der Waals surface area contributed by atoms with Crippen molar-refractivity contribution in [1.82, 2.24) is 5.43 Å². The number of halogens is 13. The number of ether oxygens (including phenoxy) is 1. The van der Waals surface area contributed by atoms with Crippen LogP contribution in [0.25, 0.3) is 0 Å². The summed E-state index contributed by atoms with van der Waals surface area (Å²) < 4.78 is 173. The number of amides is 1. The van der Waals surface area contributed by atoms with Gasteiger partial charge in [0.2, 0.25) is 0 Å². The molecular weight excluding hydrogens is 487 g/mol. The third-order valence-electron chi connectivity index (χ3n) is 3.71. The summed E-state index contributed by atoms with van der Waals surface area (Å²) in [5.74, 6) is -41.9. The van der Waals surface area contributed by atoms with Crippen molar-refractivity contribution in [1.29, 1.82) is 0 Å². The highest BCUT2D eigenvalue weighted by molar-refractivity contribution is 5.87. The molecule has 0 unspecified atom stereocenters. The Bertz CT molecular complexity index is 848. The topological polar surface area (TPSA) is 50.7 Å². The lowest BCUT2D eigenvalue weighted by Crippen LogP contribution is -2.71. The minimum atomic E-state index is -8.09. The Balaban J connectivity index is 3.20. The summed E-state index contributed by atoms with van der Waals surface area (Å²) in [5, 5.41) is 2.67. The Labute approximate surface area is 169 Å². The van der Waals surface area contributed by atoms with Crippen LogP contribution in [-0.2, 0) is 4.79 Å². The van der Waals surface area contributed by atoms with Gasteiger partial charge in [0.25, 0.3) is 0 Å². The molecule has 0 atom stereocenters. The zero-order valence-corrected chi connectivity index (χ0v) is 15.1. The summed E-state index contributed by atoms with van der Waals surface area (Å²) in [6, 6.07) is 4.84. The summed E-state index contributed by atoms with van der Waals surface area (Å²) in [5.41, 5.74) is 0.555. The number of carbonyl (C=O) groups excluding carboxylic acids is 1. The molecule has 0 spiro atoms. The Morgan fingerprint density at radius 1 is 0.781 bits per heavy atom. The maximum absolute atomic E-state index is 13.5. The van der Waals surface area contributed by atoms with Crippen molar-refractivity contribution < 1.29 is 66.6 Å². The average Bonchev–Trinajstić information content (AvgIpc) is 2.66. The molecular formula is C15H9F13N2O2. The molecule has 0 aliphatic rings. The number of nitrogens with one attached hydrogen (secondary N) is 1. The van der Waals surface area contributed by atoms with Gasteiger partial charge in [-0.2, -0.15) is 62.2 Å². The number of hydrogen-bond donors (Lipinski definition) is 1. The fraction of sp³-hybridized carbons (Fsp3) is 0.467. The fourth-order valence-electron chi connectivity index (χ4n) is 1.84. The molecule has 1 aromatic rings. The zero-order valence-electron chi connectivity index (χ0n) is 15.1. The van der Waals surface area contributed by atoms with Crippen molar-refractivity contribution in [2.24, 2.45) is 5.10 Å². The van der Waals surface area contributed by atoms with E-state index in [1.807, 2.05) is 0 Å². The molecule has 182 valence electrons. The van der Waals surface area contributed by atoms with E-state index in [9.17, 15) is 61.9 Å². The van der Waals surface area contributed by atoms with Gasteiger partial charge in [-0.1, -0.05) is 0 Å². The van der Waals surface area contributed by atoms with Crippen molar-refractivity contribution in [2.45, 2.75) is 35.8 Å². The third-order valence-corrected chi connectivity index (χ3v) is 3.71. The van der Waals surface area contributed by atoms with Crippen LogP contribution in [0.1, 0.15) is 5.56 Å². The van der Waals surface area contributed by atoms with E-state index in [1.54, 1.807) is 0 Å². The number of hydrogen-bond acceptors (Lipinski definition) is 3. The second-order valence-corrected chi connectivity index (χ2v) is 5.84. The molecule has 0 aliphatic heterocycles. The van der Waals surface area contributed by atoms with Gasteiger partial charge in [-0.15, -0.1) is 0 Å². The smallest absolute Gasteiger partial charge is 0.460 e. The van der Waals surface area contributed by atoms with Crippen molar-refractivity contribution >= 4 is 12.1 Å². The SMILES string of the molecule is COc1ccc(/C=N/NC(=O)C(F)(F)C(F)(F)C(F)(F)C(F)(F)C(F)(F)C(F)(F)F)cc1. The predicted molar refractivity (Wildman–Crippen MR) is 79.5 cm³/mol. The zero-order chi connectivity index (χ0) is 25.4. The molecule has 17 heteroatoms. The van der Waals surface area contributed by atoms with Crippen LogP contribution in [0.3, 0.4) is 0 Å². The number of rotatable bonds is 8. The van der Waals surface area contributed by atoms with Crippen LogP contribution >= 0.6 is 0 Å². The van der Waals surface area contributed by atoms with Crippen LogP contribution in [0.4, 0.5) is 57.1 Å². The summed E-state index contributed by atoms with van der Waals surface area (Å²) in [6.45, 7) is 0. The van der Waals surface area contributed by atoms with Gasteiger partial charge in [-0.05, 0) is 29.8 Å². The van der Waals surface area contributed by atoms with Crippen LogP contribution in [0, 0.1) is 0 Å². The van der Waals surface area contributed by atoms with Crippen LogP contribution in [0.5, 0.6) is 5.75 Å². The van der Waals surface area contributed by atoms with Gasteiger partial charge >= 0.3 is 41.7 Å². The van der Waals surface area contributed by atoms with Gasteiger partial charge in [0.1, 0.15) is 5.75 Å². The lowest BCUT2D eigenvalue weighted by molar-refractivity contribution is -0.436. The fourth-order valence-corrected chi connectivity index (χ4v) is 1.84. The van der Waals surface area contributed by atoms with Crippen molar-refractivity contribution in [2.75, 3.05) is 7.11 Å². The summed E-state index contributed by atoms with van der Waals surface area (Å²) in [7, 11) is 1.26. The Hall–Kier alpha value is -2.75. The van der Waals surface area contributed by atoms with Gasteiger partial charge in [0.15, 0.2) is 0 Å². The summed E-state index contributed by atoms with van der Waals surface area (Å²) in [4.78, 5) is 11.2. The molecule has 0 fully saturated rings. The van der Waals surface area contributed by atoms with E-state index >= 15 is 0 Å². The highest BCUT2D eigenvalue weighted by Crippen LogP contribution is 2.60. The first kappa shape index (κ1) is 27.3. The molecule has 0 bridgehead atoms. The molecule has 4 nitrogen and oxygen atoms in total. The first-order chi connectivity index (χ1) is 14.2. The Morgan fingerprint density at radius 3 is 1.62 bits per heavy atom. The summed E-state index contributed by atoms with van der Waals surface area (Å²) >= 11 is 0. The minimum Gasteiger partial charge on any atom is -0.497 e. The first-order valence-electron chi connectivity index (χ1n) is 7.62. The third kappa shape index (κ3) is 4.28. The average molecular weight is 496 g/mol. The molecule has 0 radical (unpaired) electrons. The monoisotopic (exact) mass is 496 g/mol. The van der Waals surface area contributed by atoms with Gasteiger partial charge < -0.3 is 4.74 Å². The molecule has 0 heterocycles. The molecule has 1 amide bonds. The normalized spacial score (nSPS) is 14.6. The highest BCUT2D eigenvalue weighted by atomic mass is 19.4. The summed E-state index contributed by atoms with van der Waals surface area (Å²) in [6.07, 6.45) is -7.05. The van der Waals surface area contributed by atoms with Crippen molar-refractivity contribution in [3.63, 3.8) is 0 Å². The van der Waals surface area contributed by atoms with Gasteiger partial charge in [-0.3, -0.25) is 4.79 Å². The number of methoxy groups -OCH3 is 1. The van der Waals surface area contributed by atoms with E-state index < -0.39 is 41.7 Å². The van der Waals surface area contributed by atoms with E-state index in [2.05, 4.69) is 5.10 Å². The van der Waals surface area contributed by atoms with Crippen LogP contribution in [0.15, 0.2) is 29.4 Å². The van der Waals surface area contributed by atoms with E-state index in [4.69, 9.17) is 4.74 Å². The Kier molecular flexibility index (Phi) is 7.08. The Morgan fingerprint density at radius 2 is 1.22 bits per heavy atom. The second kappa shape index (κ2) is 8.31. The number of hydrazone groups is 1. The quantitative estimate of drug-likeness (QED) is 0.317. The predicted octanol–water partition coefficient (Wildman–Crippen LogP) is 4.88. The maximum atomic E-state index is 13.5. The molecule has 1 aromatic carbocycles. The maximum Gasteiger partial charge on any atom is 0.460 e. The molecule has 0 saturated heterocycles. The van der Waals surface area contributed by atoms with Gasteiger partial charge in [0, 0.05) is 0 Å². The number of carbonyl (C=O) groups is 1. The van der Waals surface area contributed by atoms with Gasteiger partial charge in [-0.25, -0.2) is 5.43 Å². The molecule has 0 saturated carbocycles. The van der Waals surface area contributed by atoms with E-state index in [0.717, 1.165) is 12.1 Å². The molecule has 32 heavy (non-hydrogen) atoms. The number of nitrogens with zero attached hydrogens (tertiary/aromatic N) is 1. The molecule has 1 rings (SSSR count). The van der Waals surface area contributed by atoms with E-state index in [0.29, 0.717) is 11.6 Å². The largest absolute Gasteiger partial charge is 0.497 e. The van der Waals surface area contributed by atoms with Crippen LogP contribution in [-0.4, -0.2) is 55.0 Å².